The number of halogens is 1. The van der Waals surface area contributed by atoms with E-state index in [4.69, 9.17) is 0 Å². The summed E-state index contributed by atoms with van der Waals surface area (Å²) in [6.45, 7) is 3.85. The zero-order valence-electron chi connectivity index (χ0n) is 14.1. The molecule has 2 fully saturated rings. The number of fused-ring (bicyclic) bond motifs is 2. The third-order valence-corrected chi connectivity index (χ3v) is 5.26. The van der Waals surface area contributed by atoms with Crippen LogP contribution in [0.5, 0.6) is 0 Å². The fourth-order valence-electron chi connectivity index (χ4n) is 3.95. The second-order valence-corrected chi connectivity index (χ2v) is 7.01. The summed E-state index contributed by atoms with van der Waals surface area (Å²) < 4.78 is 13.7. The molecule has 0 saturated carbocycles. The minimum atomic E-state index is -0.502. The zero-order valence-corrected chi connectivity index (χ0v) is 14.1. The molecule has 132 valence electrons. The smallest absolute Gasteiger partial charge is 0.257 e. The lowest BCUT2D eigenvalue weighted by Gasteiger charge is -2.34. The Morgan fingerprint density at radius 1 is 1.32 bits per heavy atom. The number of carbonyl (C=O) groups is 1. The molecule has 0 radical (unpaired) electrons. The third-order valence-electron chi connectivity index (χ3n) is 5.26. The van der Waals surface area contributed by atoms with Crippen molar-refractivity contribution in [2.45, 2.75) is 18.5 Å². The first-order valence-electron chi connectivity index (χ1n) is 8.56. The number of hydrogen-bond acceptors (Lipinski definition) is 4. The van der Waals surface area contributed by atoms with Crippen LogP contribution in [0.3, 0.4) is 0 Å². The van der Waals surface area contributed by atoms with Gasteiger partial charge in [-0.1, -0.05) is 6.07 Å². The van der Waals surface area contributed by atoms with Gasteiger partial charge in [-0.25, -0.2) is 4.39 Å². The van der Waals surface area contributed by atoms with Crippen molar-refractivity contribution in [2.24, 2.45) is 0 Å². The topological polar surface area (TPSA) is 68.4 Å². The van der Waals surface area contributed by atoms with E-state index < -0.39 is 17.2 Å². The fourth-order valence-corrected chi connectivity index (χ4v) is 3.95. The van der Waals surface area contributed by atoms with Gasteiger partial charge in [-0.05, 0) is 25.6 Å². The van der Waals surface area contributed by atoms with Crippen LogP contribution >= 0.6 is 0 Å². The molecular weight excluding hydrogens is 323 g/mol. The van der Waals surface area contributed by atoms with Gasteiger partial charge in [-0.3, -0.25) is 14.5 Å². The summed E-state index contributed by atoms with van der Waals surface area (Å²) in [5, 5.41) is 3.17. The molecule has 0 spiro atoms. The number of aromatic nitrogens is 1. The lowest BCUT2D eigenvalue weighted by atomic mass is 10.1. The van der Waals surface area contributed by atoms with Crippen LogP contribution in [0.4, 0.5) is 4.39 Å². The first-order chi connectivity index (χ1) is 12.0. The second kappa shape index (κ2) is 6.24. The molecule has 2 atom stereocenters. The molecule has 0 bridgehead atoms. The Labute approximate surface area is 144 Å². The standard InChI is InChI=1S/C18H21FN4O2/c1-22-5-6-23-9-11(7-12(23)10-22)21-18(25)14-8-20-16-13(17(14)24)3-2-4-15(16)19/h2-4,8,11-12H,5-7,9-10H2,1H3,(H,20,24)(H,21,25)/t11-,12-/m0/s1. The van der Waals surface area contributed by atoms with Gasteiger partial charge in [0.25, 0.3) is 5.91 Å². The largest absolute Gasteiger partial charge is 0.358 e. The minimum Gasteiger partial charge on any atom is -0.358 e. The van der Waals surface area contributed by atoms with Crippen LogP contribution in [0.1, 0.15) is 16.8 Å². The lowest BCUT2D eigenvalue weighted by Crippen LogP contribution is -2.48. The number of H-pyrrole nitrogens is 1. The maximum absolute atomic E-state index is 13.7. The van der Waals surface area contributed by atoms with E-state index in [2.05, 4.69) is 27.1 Å². The molecule has 6 nitrogen and oxygen atoms in total. The van der Waals surface area contributed by atoms with E-state index in [1.165, 1.54) is 24.4 Å². The van der Waals surface area contributed by atoms with Gasteiger partial charge in [0, 0.05) is 49.8 Å². The molecule has 7 heteroatoms. The number of benzene rings is 1. The first kappa shape index (κ1) is 16.2. The predicted octanol–water partition coefficient (Wildman–Crippen LogP) is 0.785. The predicted molar refractivity (Wildman–Crippen MR) is 93.3 cm³/mol. The number of nitrogens with one attached hydrogen (secondary N) is 2. The van der Waals surface area contributed by atoms with Crippen molar-refractivity contribution < 1.29 is 9.18 Å². The summed E-state index contributed by atoms with van der Waals surface area (Å²) in [7, 11) is 2.11. The highest BCUT2D eigenvalue weighted by atomic mass is 19.1. The second-order valence-electron chi connectivity index (χ2n) is 7.01. The molecule has 1 amide bonds. The molecule has 2 aliphatic heterocycles. The SMILES string of the molecule is CN1CCN2C[C@@H](NC(=O)c3c[nH]c4c(F)cccc4c3=O)C[C@H]2C1. The number of likely N-dealkylation sites (N-methyl/N-ethyl adjacent to an activating group) is 1. The Hall–Kier alpha value is -2.25. The Kier molecular flexibility index (Phi) is 4.05. The van der Waals surface area contributed by atoms with Crippen LogP contribution in [0.25, 0.3) is 10.9 Å². The van der Waals surface area contributed by atoms with Gasteiger partial charge in [0.2, 0.25) is 5.43 Å². The summed E-state index contributed by atoms with van der Waals surface area (Å²) in [5.41, 5.74) is -0.286. The molecule has 1 aromatic carbocycles. The quantitative estimate of drug-likeness (QED) is 0.845. The van der Waals surface area contributed by atoms with Gasteiger partial charge in [0.15, 0.2) is 0 Å². The van der Waals surface area contributed by atoms with Gasteiger partial charge in [-0.15, -0.1) is 0 Å². The third kappa shape index (κ3) is 2.94. The molecule has 2 aromatic rings. The van der Waals surface area contributed by atoms with E-state index in [-0.39, 0.29) is 22.5 Å². The van der Waals surface area contributed by atoms with Gasteiger partial charge < -0.3 is 15.2 Å². The number of para-hydroxylation sites is 1. The number of carbonyl (C=O) groups excluding carboxylic acids is 1. The van der Waals surface area contributed by atoms with Crippen molar-refractivity contribution >= 4 is 16.8 Å². The van der Waals surface area contributed by atoms with Gasteiger partial charge in [0.1, 0.15) is 11.4 Å². The van der Waals surface area contributed by atoms with Crippen molar-refractivity contribution in [3.8, 4) is 0 Å². The highest BCUT2D eigenvalue weighted by Crippen LogP contribution is 2.21. The van der Waals surface area contributed by atoms with Crippen molar-refractivity contribution in [1.82, 2.24) is 20.1 Å². The number of hydrogen-bond donors (Lipinski definition) is 2. The summed E-state index contributed by atoms with van der Waals surface area (Å²) in [4.78, 5) is 32.5. The van der Waals surface area contributed by atoms with E-state index in [1.807, 2.05) is 0 Å². The average molecular weight is 344 g/mol. The number of aromatic amines is 1. The molecule has 0 unspecified atom stereocenters. The van der Waals surface area contributed by atoms with E-state index >= 15 is 0 Å². The zero-order chi connectivity index (χ0) is 17.6. The summed E-state index contributed by atoms with van der Waals surface area (Å²) in [5.74, 6) is -0.899. The van der Waals surface area contributed by atoms with Gasteiger partial charge >= 0.3 is 0 Å². The lowest BCUT2D eigenvalue weighted by molar-refractivity contribution is 0.0935. The number of nitrogens with zero attached hydrogens (tertiary/aromatic N) is 2. The molecule has 1 aromatic heterocycles. The Morgan fingerprint density at radius 3 is 3.00 bits per heavy atom. The molecule has 2 aliphatic rings. The van der Waals surface area contributed by atoms with Crippen LogP contribution < -0.4 is 10.7 Å². The fraction of sp³-hybridized carbons (Fsp3) is 0.444. The van der Waals surface area contributed by atoms with Gasteiger partial charge in [-0.2, -0.15) is 0 Å². The van der Waals surface area contributed by atoms with Crippen molar-refractivity contribution in [2.75, 3.05) is 33.2 Å². The number of rotatable bonds is 2. The number of pyridine rings is 1. The Balaban J connectivity index is 1.53. The van der Waals surface area contributed by atoms with Crippen molar-refractivity contribution in [3.05, 3.63) is 46.0 Å². The van der Waals surface area contributed by atoms with E-state index in [0.717, 1.165) is 32.6 Å². The van der Waals surface area contributed by atoms with Crippen molar-refractivity contribution in [1.29, 1.82) is 0 Å². The van der Waals surface area contributed by atoms with Crippen LogP contribution in [-0.2, 0) is 0 Å². The van der Waals surface area contributed by atoms with Crippen LogP contribution in [0.15, 0.2) is 29.2 Å². The van der Waals surface area contributed by atoms with Crippen LogP contribution in [0.2, 0.25) is 0 Å². The molecule has 2 N–H and O–H groups in total. The maximum atomic E-state index is 13.7. The summed E-state index contributed by atoms with van der Waals surface area (Å²) >= 11 is 0. The summed E-state index contributed by atoms with van der Waals surface area (Å²) in [6.07, 6.45) is 2.19. The summed E-state index contributed by atoms with van der Waals surface area (Å²) in [6, 6.07) is 4.77. The minimum absolute atomic E-state index is 0.0279. The van der Waals surface area contributed by atoms with Crippen LogP contribution in [0, 0.1) is 5.82 Å². The number of piperazine rings is 1. The van der Waals surface area contributed by atoms with E-state index in [9.17, 15) is 14.0 Å². The average Bonchev–Trinajstić information content (AvgIpc) is 2.97. The molecular formula is C18H21FN4O2. The monoisotopic (exact) mass is 344 g/mol. The Bertz CT molecular complexity index is 881. The normalized spacial score (nSPS) is 24.4. The number of amides is 1. The van der Waals surface area contributed by atoms with Gasteiger partial charge in [0.05, 0.1) is 5.52 Å². The Morgan fingerprint density at radius 2 is 2.16 bits per heavy atom. The first-order valence-corrected chi connectivity index (χ1v) is 8.56. The molecule has 3 heterocycles. The highest BCUT2D eigenvalue weighted by Gasteiger charge is 2.36. The molecule has 4 rings (SSSR count). The molecule has 0 aliphatic carbocycles. The highest BCUT2D eigenvalue weighted by molar-refractivity contribution is 5.97. The molecule has 2 saturated heterocycles. The van der Waals surface area contributed by atoms with E-state index in [0.29, 0.717) is 6.04 Å². The maximum Gasteiger partial charge on any atom is 0.257 e. The molecule has 25 heavy (non-hydrogen) atoms. The van der Waals surface area contributed by atoms with Crippen LogP contribution in [-0.4, -0.2) is 66.0 Å². The van der Waals surface area contributed by atoms with Crippen molar-refractivity contribution in [3.63, 3.8) is 0 Å². The van der Waals surface area contributed by atoms with E-state index in [1.54, 1.807) is 0 Å².